The van der Waals surface area contributed by atoms with Gasteiger partial charge in [0, 0.05) is 0 Å². The number of nitrogens with one attached hydrogen (secondary N) is 2. The van der Waals surface area contributed by atoms with Crippen LogP contribution in [0.4, 0.5) is 5.95 Å². The summed E-state index contributed by atoms with van der Waals surface area (Å²) in [6.45, 7) is 3.47. The highest BCUT2D eigenvalue weighted by molar-refractivity contribution is 7.89. The number of sulfonamides is 1. The lowest BCUT2D eigenvalue weighted by atomic mass is 10.1. The number of hydroxylamine groups is 1. The highest BCUT2D eigenvalue weighted by Gasteiger charge is 2.19. The van der Waals surface area contributed by atoms with E-state index in [4.69, 9.17) is 19.0 Å². The molecular weight excluding hydrogens is 442 g/mol. The van der Waals surface area contributed by atoms with Gasteiger partial charge in [-0.1, -0.05) is 18.2 Å². The van der Waals surface area contributed by atoms with Gasteiger partial charge < -0.3 is 14.2 Å². The highest BCUT2D eigenvalue weighted by Crippen LogP contribution is 2.18. The molecule has 32 heavy (non-hydrogen) atoms. The highest BCUT2D eigenvalue weighted by atomic mass is 32.2. The first-order valence-corrected chi connectivity index (χ1v) is 10.9. The molecule has 174 valence electrons. The van der Waals surface area contributed by atoms with Crippen molar-refractivity contribution in [3.63, 3.8) is 0 Å². The van der Waals surface area contributed by atoms with E-state index in [0.29, 0.717) is 0 Å². The molecule has 0 saturated heterocycles. The van der Waals surface area contributed by atoms with E-state index in [0.717, 1.165) is 0 Å². The third kappa shape index (κ3) is 7.35. The van der Waals surface area contributed by atoms with Crippen LogP contribution in [0.5, 0.6) is 11.8 Å². The first-order valence-electron chi connectivity index (χ1n) is 9.32. The summed E-state index contributed by atoms with van der Waals surface area (Å²) in [5, 5.41) is 2.64. The Bertz CT molecular complexity index is 1050. The molecule has 2 N–H and O–H groups in total. The molecule has 1 heterocycles. The topological polar surface area (TPSA) is 150 Å². The number of guanidine groups is 1. The Hall–Kier alpha value is -3.45. The minimum absolute atomic E-state index is 0.0510. The van der Waals surface area contributed by atoms with Gasteiger partial charge in [-0.15, -0.1) is 4.40 Å². The van der Waals surface area contributed by atoms with Crippen LogP contribution < -0.4 is 20.3 Å². The van der Waals surface area contributed by atoms with Crippen LogP contribution in [0.2, 0.25) is 0 Å². The summed E-state index contributed by atoms with van der Waals surface area (Å²) >= 11 is 0. The Balaban J connectivity index is 2.38. The Morgan fingerprint density at radius 3 is 2.28 bits per heavy atom. The van der Waals surface area contributed by atoms with Gasteiger partial charge >= 0.3 is 5.97 Å². The number of hydrogen-bond donors (Lipinski definition) is 2. The number of hydrogen-bond acceptors (Lipinski definition) is 9. The molecule has 13 heteroatoms. The van der Waals surface area contributed by atoms with Crippen molar-refractivity contribution < 1.29 is 32.3 Å². The summed E-state index contributed by atoms with van der Waals surface area (Å²) in [6, 6.07) is 7.62. The average Bonchev–Trinajstić information content (AvgIpc) is 2.76. The Morgan fingerprint density at radius 1 is 1.09 bits per heavy atom. The summed E-state index contributed by atoms with van der Waals surface area (Å²) in [4.78, 5) is 25.4. The largest absolute Gasteiger partial charge is 0.481 e. The van der Waals surface area contributed by atoms with Crippen LogP contribution in [0, 0.1) is 0 Å². The summed E-state index contributed by atoms with van der Waals surface area (Å²) in [5.74, 6) is -1.21. The van der Waals surface area contributed by atoms with Crippen molar-refractivity contribution in [1.29, 1.82) is 0 Å². The summed E-state index contributed by atoms with van der Waals surface area (Å²) < 4.78 is 44.2. The minimum atomic E-state index is -4.14. The molecule has 0 amide bonds. The third-order valence-corrected chi connectivity index (χ3v) is 4.85. The summed E-state index contributed by atoms with van der Waals surface area (Å²) in [7, 11) is -0.115. The van der Waals surface area contributed by atoms with E-state index < -0.39 is 21.7 Å². The molecule has 0 unspecified atom stereocenters. The molecule has 0 aliphatic heterocycles. The number of carbonyl (C=O) groups excluding carboxylic acids is 1. The lowest BCUT2D eigenvalue weighted by molar-refractivity contribution is 0.0333. The van der Waals surface area contributed by atoms with Crippen molar-refractivity contribution in [2.24, 2.45) is 4.40 Å². The SMILES string of the molecule is COC(=O)c1ccccc1CS(=O)(=O)N=C(NOC(C)C)Nc1nc(OC)cc(OC)n1. The van der Waals surface area contributed by atoms with Crippen molar-refractivity contribution in [3.05, 3.63) is 41.5 Å². The standard InChI is InChI=1S/C19H25N5O7S/c1-12(2)31-23-19(22-18-20-15(28-3)10-16(21-18)29-4)24-32(26,27)11-13-8-6-7-9-14(13)17(25)30-5/h6-10,12H,11H2,1-5H3,(H2,20,21,22,23,24). The van der Waals surface area contributed by atoms with Gasteiger partial charge in [-0.3, -0.25) is 10.2 Å². The van der Waals surface area contributed by atoms with Crippen LogP contribution in [-0.4, -0.2) is 57.7 Å². The number of methoxy groups -OCH3 is 3. The number of nitrogens with zero attached hydrogens (tertiary/aromatic N) is 3. The molecule has 2 aromatic rings. The average molecular weight is 468 g/mol. The van der Waals surface area contributed by atoms with Crippen molar-refractivity contribution in [1.82, 2.24) is 15.4 Å². The molecular formula is C19H25N5O7S. The zero-order chi connectivity index (χ0) is 23.7. The lowest BCUT2D eigenvalue weighted by Crippen LogP contribution is -2.34. The van der Waals surface area contributed by atoms with Gasteiger partial charge in [0.25, 0.3) is 10.0 Å². The molecule has 0 spiro atoms. The van der Waals surface area contributed by atoms with E-state index in [-0.39, 0.29) is 40.9 Å². The van der Waals surface area contributed by atoms with Gasteiger partial charge in [0.05, 0.1) is 44.8 Å². The van der Waals surface area contributed by atoms with E-state index in [9.17, 15) is 13.2 Å². The summed E-state index contributed by atoms with van der Waals surface area (Å²) in [6.07, 6.45) is -0.300. The van der Waals surface area contributed by atoms with Crippen molar-refractivity contribution >= 4 is 27.9 Å². The quantitative estimate of drug-likeness (QED) is 0.239. The van der Waals surface area contributed by atoms with E-state index in [1.165, 1.54) is 39.5 Å². The van der Waals surface area contributed by atoms with Gasteiger partial charge in [-0.2, -0.15) is 9.97 Å². The second-order valence-corrected chi connectivity index (χ2v) is 8.12. The predicted molar refractivity (Wildman–Crippen MR) is 116 cm³/mol. The molecule has 0 bridgehead atoms. The number of esters is 1. The lowest BCUT2D eigenvalue weighted by Gasteiger charge is -2.14. The minimum Gasteiger partial charge on any atom is -0.481 e. The number of rotatable bonds is 9. The van der Waals surface area contributed by atoms with Crippen LogP contribution in [0.1, 0.15) is 29.8 Å². The Morgan fingerprint density at radius 2 is 1.72 bits per heavy atom. The fourth-order valence-corrected chi connectivity index (χ4v) is 3.41. The third-order valence-electron chi connectivity index (χ3n) is 3.71. The maximum absolute atomic E-state index is 12.8. The fourth-order valence-electron chi connectivity index (χ4n) is 2.34. The Labute approximate surface area is 186 Å². The van der Waals surface area contributed by atoms with E-state index in [1.807, 2.05) is 0 Å². The maximum atomic E-state index is 12.8. The van der Waals surface area contributed by atoms with E-state index in [2.05, 4.69) is 25.2 Å². The number of aromatic nitrogens is 2. The number of benzene rings is 1. The van der Waals surface area contributed by atoms with Gasteiger partial charge in [-0.25, -0.2) is 18.7 Å². The Kier molecular flexibility index (Phi) is 8.72. The number of anilines is 1. The van der Waals surface area contributed by atoms with Gasteiger partial charge in [-0.05, 0) is 25.5 Å². The first kappa shape index (κ1) is 24.8. The molecule has 1 aromatic heterocycles. The monoisotopic (exact) mass is 467 g/mol. The van der Waals surface area contributed by atoms with Crippen LogP contribution in [-0.2, 0) is 25.4 Å². The second-order valence-electron chi connectivity index (χ2n) is 6.48. The molecule has 0 radical (unpaired) electrons. The normalized spacial score (nSPS) is 11.8. The smallest absolute Gasteiger partial charge is 0.338 e. The number of ether oxygens (including phenoxy) is 3. The van der Waals surface area contributed by atoms with Crippen molar-refractivity contribution in [3.8, 4) is 11.8 Å². The molecule has 0 fully saturated rings. The maximum Gasteiger partial charge on any atom is 0.338 e. The van der Waals surface area contributed by atoms with Gasteiger partial charge in [0.2, 0.25) is 23.7 Å². The molecule has 0 aliphatic carbocycles. The molecule has 2 rings (SSSR count). The molecule has 12 nitrogen and oxygen atoms in total. The van der Waals surface area contributed by atoms with Crippen molar-refractivity contribution in [2.45, 2.75) is 25.7 Å². The molecule has 0 aliphatic rings. The molecule has 0 saturated carbocycles. The van der Waals surface area contributed by atoms with Crippen LogP contribution in [0.25, 0.3) is 0 Å². The number of carbonyl (C=O) groups is 1. The van der Waals surface area contributed by atoms with Gasteiger partial charge in [0.1, 0.15) is 0 Å². The van der Waals surface area contributed by atoms with Crippen LogP contribution in [0.15, 0.2) is 34.7 Å². The fraction of sp³-hybridized carbons (Fsp3) is 0.368. The zero-order valence-electron chi connectivity index (χ0n) is 18.3. The van der Waals surface area contributed by atoms with Crippen LogP contribution in [0.3, 0.4) is 0 Å². The summed E-state index contributed by atoms with van der Waals surface area (Å²) in [5.41, 5.74) is 2.79. The predicted octanol–water partition coefficient (Wildman–Crippen LogP) is 1.51. The zero-order valence-corrected chi connectivity index (χ0v) is 19.1. The van der Waals surface area contributed by atoms with E-state index >= 15 is 0 Å². The second kappa shape index (κ2) is 11.2. The van der Waals surface area contributed by atoms with Gasteiger partial charge in [0.15, 0.2) is 0 Å². The first-order chi connectivity index (χ1) is 15.2. The van der Waals surface area contributed by atoms with E-state index in [1.54, 1.807) is 26.0 Å². The van der Waals surface area contributed by atoms with Crippen LogP contribution >= 0.6 is 0 Å². The molecule has 1 aromatic carbocycles. The molecule has 0 atom stereocenters. The van der Waals surface area contributed by atoms with Crippen molar-refractivity contribution in [2.75, 3.05) is 26.6 Å².